The number of benzene rings is 4. The fraction of sp³-hybridized carbons (Fsp3) is 0.537. The second-order valence-electron chi connectivity index (χ2n) is 28.5. The molecule has 6 aliphatic heterocycles. The first-order valence-corrected chi connectivity index (χ1v) is 38.6. The van der Waals surface area contributed by atoms with Gasteiger partial charge in [0.05, 0.1) is 167 Å². The van der Waals surface area contributed by atoms with E-state index in [2.05, 4.69) is 57.1 Å². The minimum atomic E-state index is -0.785. The van der Waals surface area contributed by atoms with Gasteiger partial charge < -0.3 is 87.7 Å². The molecular formula is C82H108N10O19. The number of carbonyl (C=O) groups is 8. The van der Waals surface area contributed by atoms with Gasteiger partial charge in [0.25, 0.3) is 11.8 Å². The normalized spacial score (nSPS) is 17.9. The van der Waals surface area contributed by atoms with Crippen molar-refractivity contribution in [3.63, 3.8) is 0 Å². The summed E-state index contributed by atoms with van der Waals surface area (Å²) >= 11 is 0. The summed E-state index contributed by atoms with van der Waals surface area (Å²) in [6.45, 7) is 19.8. The number of nitrogens with zero attached hydrogens (tertiary/aromatic N) is 7. The molecule has 10 rings (SSSR count). The Morgan fingerprint density at radius 3 is 1.57 bits per heavy atom. The molecule has 2 saturated heterocycles. The van der Waals surface area contributed by atoms with Crippen LogP contribution >= 0.6 is 0 Å². The van der Waals surface area contributed by atoms with Crippen molar-refractivity contribution in [2.75, 3.05) is 183 Å². The molecule has 6 heterocycles. The van der Waals surface area contributed by atoms with Crippen LogP contribution in [-0.2, 0) is 66.7 Å². The van der Waals surface area contributed by atoms with Gasteiger partial charge in [0.15, 0.2) is 17.3 Å². The van der Waals surface area contributed by atoms with Crippen LogP contribution in [0.5, 0.6) is 17.2 Å². The van der Waals surface area contributed by atoms with Gasteiger partial charge in [-0.1, -0.05) is 52.0 Å². The SMILES string of the molecule is COc1cc2c(cc1OCCCOc1cc3c(cc1C)C(=O)N1C=C(c4ccc(NC(=O)[C@H](C)CC(=O)C(NC(=O)CCOCCOCCOCCOCCOCCOCCOCCOCCNC(=O)CCN5C(=O)CC(C)C5=O)C(C)C)cc4)C[C@H]1C=N3)N=C[C@@H]1CC(c3ccc(N4CCN(C)CC4)cc3)=CN1C2=O. The number of nitrogens with one attached hydrogen (secondary N) is 3. The number of ketones is 1. The molecular weight excluding hydrogens is 1430 g/mol. The molecule has 0 spiro atoms. The van der Waals surface area contributed by atoms with E-state index >= 15 is 0 Å². The number of fused-ring (bicyclic) bond motifs is 4. The maximum absolute atomic E-state index is 14.2. The number of ether oxygens (including phenoxy) is 11. The number of anilines is 2. The molecule has 6 aliphatic rings. The summed E-state index contributed by atoms with van der Waals surface area (Å²) in [6.07, 6.45) is 9.36. The predicted molar refractivity (Wildman–Crippen MR) is 417 cm³/mol. The number of aryl methyl sites for hydroxylation is 1. The van der Waals surface area contributed by atoms with Gasteiger partial charge >= 0.3 is 0 Å². The van der Waals surface area contributed by atoms with Crippen LogP contribution in [0, 0.1) is 24.7 Å². The Labute approximate surface area is 649 Å². The molecule has 0 saturated carbocycles. The molecule has 5 atom stereocenters. The molecule has 0 radical (unpaired) electrons. The molecule has 111 heavy (non-hydrogen) atoms. The molecule has 0 aromatic heterocycles. The van der Waals surface area contributed by atoms with Crippen LogP contribution in [0.3, 0.4) is 0 Å². The van der Waals surface area contributed by atoms with Gasteiger partial charge in [-0.05, 0) is 84.1 Å². The molecule has 4 aromatic rings. The van der Waals surface area contributed by atoms with E-state index in [4.69, 9.17) is 62.1 Å². The third-order valence-corrected chi connectivity index (χ3v) is 19.8. The van der Waals surface area contributed by atoms with Crippen molar-refractivity contribution in [3.8, 4) is 17.2 Å². The maximum atomic E-state index is 14.2. The summed E-state index contributed by atoms with van der Waals surface area (Å²) in [5, 5.41) is 8.47. The smallest absolute Gasteiger partial charge is 0.260 e. The number of carbonyl (C=O) groups excluding carboxylic acids is 8. The third kappa shape index (κ3) is 24.6. The topological polar surface area (TPSA) is 315 Å². The van der Waals surface area contributed by atoms with Gasteiger partial charge in [-0.2, -0.15) is 0 Å². The first kappa shape index (κ1) is 84.2. The summed E-state index contributed by atoms with van der Waals surface area (Å²) in [5.41, 5.74) is 8.43. The minimum Gasteiger partial charge on any atom is -0.493 e. The lowest BCUT2D eigenvalue weighted by Crippen LogP contribution is -2.45. The number of imide groups is 1. The molecule has 0 aliphatic carbocycles. The number of likely N-dealkylation sites (N-methyl/N-ethyl adjacent to an activating group) is 1. The minimum absolute atomic E-state index is 0.0449. The van der Waals surface area contributed by atoms with E-state index in [1.54, 1.807) is 67.3 Å². The van der Waals surface area contributed by atoms with Gasteiger partial charge in [0.2, 0.25) is 29.5 Å². The molecule has 7 amide bonds. The molecule has 4 aromatic carbocycles. The fourth-order valence-electron chi connectivity index (χ4n) is 13.4. The summed E-state index contributed by atoms with van der Waals surface area (Å²) in [4.78, 5) is 123. The number of hydrogen-bond donors (Lipinski definition) is 3. The zero-order valence-corrected chi connectivity index (χ0v) is 65.0. The van der Waals surface area contributed by atoms with Gasteiger partial charge in [-0.25, -0.2) is 0 Å². The summed E-state index contributed by atoms with van der Waals surface area (Å²) in [5.74, 6) is -1.70. The zero-order chi connectivity index (χ0) is 78.6. The van der Waals surface area contributed by atoms with Crippen molar-refractivity contribution in [2.24, 2.45) is 27.7 Å². The van der Waals surface area contributed by atoms with Crippen LogP contribution in [0.4, 0.5) is 22.7 Å². The number of piperazine rings is 1. The summed E-state index contributed by atoms with van der Waals surface area (Å²) in [7, 11) is 3.70. The molecule has 0 bridgehead atoms. The average Bonchev–Trinajstić information content (AvgIpc) is 1.62. The van der Waals surface area contributed by atoms with E-state index < -0.39 is 12.0 Å². The molecule has 600 valence electrons. The molecule has 29 nitrogen and oxygen atoms in total. The number of likely N-dealkylation sites (tertiary alicyclic amines) is 1. The van der Waals surface area contributed by atoms with E-state index in [-0.39, 0.29) is 116 Å². The standard InChI is InChI=1S/C82H108N10O19/c1-55(2)78(87-76(95)18-27-102-29-31-104-33-35-106-37-39-108-41-42-109-40-38-107-36-34-105-32-30-103-28-19-83-75(94)17-20-90-77(96)45-58(5)80(90)98)71(93)44-57(4)79(97)86-63-13-9-59(10-14-63)61-46-65-51-84-69-49-72(56(3)43-67(69)81(99)91(65)53-61)110-25-8-26-111-74-50-70-68(48-73(74)101-7)82(100)92-54-62(47-66(92)52-85-70)60-11-15-64(16-12-60)89-23-21-88(6)22-24-89/h9-16,43,48-55,57-58,65-66,78H,8,17-42,44-47H2,1-7H3,(H,83,94)(H,86,97)(H,87,95)/t57-,58?,65+,66+,78?/m1/s1. The van der Waals surface area contributed by atoms with E-state index in [0.717, 1.165) is 58.9 Å². The van der Waals surface area contributed by atoms with E-state index in [1.807, 2.05) is 57.6 Å². The highest BCUT2D eigenvalue weighted by Crippen LogP contribution is 2.41. The quantitative estimate of drug-likeness (QED) is 0.0282. The Hall–Kier alpha value is -9.30. The van der Waals surface area contributed by atoms with Crippen LogP contribution < -0.4 is 35.1 Å². The van der Waals surface area contributed by atoms with E-state index in [0.29, 0.717) is 177 Å². The second kappa shape index (κ2) is 42.9. The Bertz CT molecular complexity index is 3950. The Morgan fingerprint density at radius 2 is 1.05 bits per heavy atom. The van der Waals surface area contributed by atoms with E-state index in [1.165, 1.54) is 5.69 Å². The average molecular weight is 1540 g/mol. The number of methoxy groups -OCH3 is 1. The van der Waals surface area contributed by atoms with Crippen molar-refractivity contribution < 1.29 is 90.5 Å². The molecule has 3 N–H and O–H groups in total. The number of rotatable bonds is 47. The highest BCUT2D eigenvalue weighted by molar-refractivity contribution is 6.07. The predicted octanol–water partition coefficient (Wildman–Crippen LogP) is 7.65. The first-order valence-electron chi connectivity index (χ1n) is 38.6. The molecule has 2 fully saturated rings. The van der Waals surface area contributed by atoms with Crippen LogP contribution in [0.1, 0.15) is 110 Å². The Kier molecular flexibility index (Phi) is 32.5. The van der Waals surface area contributed by atoms with Crippen LogP contribution in [-0.4, -0.2) is 270 Å². The van der Waals surface area contributed by atoms with Crippen molar-refractivity contribution in [2.45, 2.75) is 97.7 Å². The zero-order valence-electron chi connectivity index (χ0n) is 65.0. The lowest BCUT2D eigenvalue weighted by atomic mass is 9.92. The van der Waals surface area contributed by atoms with E-state index in [9.17, 15) is 38.4 Å². The monoisotopic (exact) mass is 1540 g/mol. The van der Waals surface area contributed by atoms with Gasteiger partial charge in [-0.15, -0.1) is 0 Å². The van der Waals surface area contributed by atoms with Crippen molar-refractivity contribution >= 4 is 93.5 Å². The van der Waals surface area contributed by atoms with Gasteiger partial charge in [0.1, 0.15) is 5.75 Å². The maximum Gasteiger partial charge on any atom is 0.260 e. The second-order valence-corrected chi connectivity index (χ2v) is 28.5. The van der Waals surface area contributed by atoms with Crippen LogP contribution in [0.25, 0.3) is 11.1 Å². The Morgan fingerprint density at radius 1 is 0.559 bits per heavy atom. The Balaban J connectivity index is 0.534. The van der Waals surface area contributed by atoms with Gasteiger partial charge in [0, 0.05) is 144 Å². The van der Waals surface area contributed by atoms with Crippen molar-refractivity contribution in [3.05, 3.63) is 113 Å². The van der Waals surface area contributed by atoms with Gasteiger partial charge in [-0.3, -0.25) is 53.2 Å². The van der Waals surface area contributed by atoms with Crippen LogP contribution in [0.15, 0.2) is 95.2 Å². The lowest BCUT2D eigenvalue weighted by Gasteiger charge is -2.34. The number of hydrogen-bond acceptors (Lipinski definition) is 23. The summed E-state index contributed by atoms with van der Waals surface area (Å²) < 4.78 is 62.4. The number of amides is 7. The lowest BCUT2D eigenvalue weighted by molar-refractivity contribution is -0.139. The number of aliphatic imine (C=N–C) groups is 2. The highest BCUT2D eigenvalue weighted by atomic mass is 16.6. The largest absolute Gasteiger partial charge is 0.493 e. The van der Waals surface area contributed by atoms with Crippen molar-refractivity contribution in [1.29, 1.82) is 0 Å². The summed E-state index contributed by atoms with van der Waals surface area (Å²) in [6, 6.07) is 21.7. The van der Waals surface area contributed by atoms with Crippen molar-refractivity contribution in [1.82, 2.24) is 30.2 Å². The highest BCUT2D eigenvalue weighted by Gasteiger charge is 2.38. The van der Waals surface area contributed by atoms with Crippen LogP contribution in [0.2, 0.25) is 0 Å². The fourth-order valence-corrected chi connectivity index (χ4v) is 13.4. The first-order chi connectivity index (χ1) is 53.8. The third-order valence-electron chi connectivity index (χ3n) is 19.8. The number of Topliss-reactive ketones (excluding diaryl/α,β-unsaturated/α-hetero) is 1. The molecule has 2 unspecified atom stereocenters. The molecule has 29 heteroatoms.